The van der Waals surface area contributed by atoms with Gasteiger partial charge in [-0.05, 0) is 12.3 Å². The van der Waals surface area contributed by atoms with Crippen molar-refractivity contribution in [2.24, 2.45) is 11.7 Å². The third kappa shape index (κ3) is 3.92. The van der Waals surface area contributed by atoms with Crippen LogP contribution in [-0.2, 0) is 9.53 Å². The van der Waals surface area contributed by atoms with E-state index in [0.29, 0.717) is 19.7 Å². The minimum Gasteiger partial charge on any atom is -0.375 e. The molecule has 0 aromatic carbocycles. The Morgan fingerprint density at radius 3 is 2.69 bits per heavy atom. The van der Waals surface area contributed by atoms with E-state index in [2.05, 4.69) is 6.92 Å². The summed E-state index contributed by atoms with van der Waals surface area (Å²) in [6.45, 7) is 8.02. The fourth-order valence-corrected chi connectivity index (χ4v) is 1.66. The SMILES string of the molecule is CCC1CN(C(=O)C(N)C(C)C)CCO1.Cl. The second kappa shape index (κ2) is 7.09. The molecule has 1 fully saturated rings. The molecule has 5 heteroatoms. The molecule has 1 aliphatic rings. The number of nitrogens with zero attached hydrogens (tertiary/aromatic N) is 1. The van der Waals surface area contributed by atoms with Gasteiger partial charge >= 0.3 is 0 Å². The maximum absolute atomic E-state index is 11.9. The number of amides is 1. The van der Waals surface area contributed by atoms with E-state index in [9.17, 15) is 4.79 Å². The molecule has 1 saturated heterocycles. The number of nitrogens with two attached hydrogens (primary N) is 1. The van der Waals surface area contributed by atoms with Crippen molar-refractivity contribution >= 4 is 18.3 Å². The first-order valence-corrected chi connectivity index (χ1v) is 5.72. The van der Waals surface area contributed by atoms with Crippen molar-refractivity contribution in [2.75, 3.05) is 19.7 Å². The molecule has 0 saturated carbocycles. The standard InChI is InChI=1S/C11H22N2O2.ClH/c1-4-9-7-13(5-6-15-9)11(14)10(12)8(2)3;/h8-10H,4-7,12H2,1-3H3;1H. The van der Waals surface area contributed by atoms with Crippen molar-refractivity contribution in [3.8, 4) is 0 Å². The normalized spacial score (nSPS) is 22.8. The molecule has 0 bridgehead atoms. The molecule has 2 N–H and O–H groups in total. The lowest BCUT2D eigenvalue weighted by molar-refractivity contribution is -0.141. The van der Waals surface area contributed by atoms with E-state index in [-0.39, 0.29) is 36.4 Å². The van der Waals surface area contributed by atoms with Gasteiger partial charge in [0.15, 0.2) is 0 Å². The monoisotopic (exact) mass is 250 g/mol. The lowest BCUT2D eigenvalue weighted by Crippen LogP contribution is -2.52. The fraction of sp³-hybridized carbons (Fsp3) is 0.909. The molecule has 2 atom stereocenters. The molecule has 1 amide bonds. The second-order valence-corrected chi connectivity index (χ2v) is 4.46. The topological polar surface area (TPSA) is 55.6 Å². The van der Waals surface area contributed by atoms with Gasteiger partial charge in [0.25, 0.3) is 0 Å². The molecule has 0 spiro atoms. The third-order valence-electron chi connectivity index (χ3n) is 2.91. The maximum Gasteiger partial charge on any atom is 0.239 e. The van der Waals surface area contributed by atoms with E-state index in [1.807, 2.05) is 18.7 Å². The molecule has 0 aliphatic carbocycles. The van der Waals surface area contributed by atoms with Gasteiger partial charge < -0.3 is 15.4 Å². The smallest absolute Gasteiger partial charge is 0.239 e. The van der Waals surface area contributed by atoms with Crippen LogP contribution in [0.2, 0.25) is 0 Å². The zero-order valence-electron chi connectivity index (χ0n) is 10.3. The third-order valence-corrected chi connectivity index (χ3v) is 2.91. The molecular formula is C11H23ClN2O2. The van der Waals surface area contributed by atoms with Crippen LogP contribution in [-0.4, -0.2) is 42.6 Å². The number of carbonyl (C=O) groups is 1. The first-order chi connectivity index (χ1) is 7.06. The maximum atomic E-state index is 11.9. The van der Waals surface area contributed by atoms with Crippen molar-refractivity contribution in [1.29, 1.82) is 0 Å². The Balaban J connectivity index is 0.00000225. The number of morpholine rings is 1. The Hall–Kier alpha value is -0.320. The van der Waals surface area contributed by atoms with E-state index in [0.717, 1.165) is 6.42 Å². The van der Waals surface area contributed by atoms with E-state index in [4.69, 9.17) is 10.5 Å². The van der Waals surface area contributed by atoms with Gasteiger partial charge in [-0.3, -0.25) is 4.79 Å². The Bertz CT molecular complexity index is 224. The predicted molar refractivity (Wildman–Crippen MR) is 66.7 cm³/mol. The highest BCUT2D eigenvalue weighted by Gasteiger charge is 2.27. The molecule has 0 aromatic rings. The summed E-state index contributed by atoms with van der Waals surface area (Å²) in [5.74, 6) is 0.257. The van der Waals surface area contributed by atoms with Crippen LogP contribution in [0.3, 0.4) is 0 Å². The van der Waals surface area contributed by atoms with Crippen LogP contribution >= 0.6 is 12.4 Å². The summed E-state index contributed by atoms with van der Waals surface area (Å²) in [5, 5.41) is 0. The van der Waals surface area contributed by atoms with Gasteiger partial charge in [-0.1, -0.05) is 20.8 Å². The second-order valence-electron chi connectivity index (χ2n) is 4.46. The Kier molecular flexibility index (Phi) is 6.95. The Morgan fingerprint density at radius 1 is 1.56 bits per heavy atom. The summed E-state index contributed by atoms with van der Waals surface area (Å²) in [6, 6.07) is -0.374. The molecular weight excluding hydrogens is 228 g/mol. The Labute approximate surface area is 104 Å². The van der Waals surface area contributed by atoms with Crippen LogP contribution in [0, 0.1) is 5.92 Å². The van der Waals surface area contributed by atoms with Gasteiger partial charge in [0, 0.05) is 13.1 Å². The molecule has 1 rings (SSSR count). The van der Waals surface area contributed by atoms with Crippen LogP contribution in [0.1, 0.15) is 27.2 Å². The number of halogens is 1. The lowest BCUT2D eigenvalue weighted by Gasteiger charge is -2.34. The highest BCUT2D eigenvalue weighted by Crippen LogP contribution is 2.11. The summed E-state index contributed by atoms with van der Waals surface area (Å²) in [6.07, 6.45) is 1.13. The number of ether oxygens (including phenoxy) is 1. The number of rotatable bonds is 3. The summed E-state index contributed by atoms with van der Waals surface area (Å²) in [4.78, 5) is 13.8. The van der Waals surface area contributed by atoms with Crippen molar-refractivity contribution in [2.45, 2.75) is 39.3 Å². The van der Waals surface area contributed by atoms with Crippen LogP contribution in [0.25, 0.3) is 0 Å². The molecule has 2 unspecified atom stereocenters. The Morgan fingerprint density at radius 2 is 2.19 bits per heavy atom. The van der Waals surface area contributed by atoms with Crippen molar-refractivity contribution in [1.82, 2.24) is 4.90 Å². The summed E-state index contributed by atoms with van der Waals surface area (Å²) in [5.41, 5.74) is 5.85. The number of hydrogen-bond acceptors (Lipinski definition) is 3. The molecule has 4 nitrogen and oxygen atoms in total. The minimum atomic E-state index is -0.374. The molecule has 0 radical (unpaired) electrons. The van der Waals surface area contributed by atoms with Gasteiger partial charge in [-0.25, -0.2) is 0 Å². The van der Waals surface area contributed by atoms with Crippen LogP contribution in [0.4, 0.5) is 0 Å². The van der Waals surface area contributed by atoms with E-state index in [1.165, 1.54) is 0 Å². The minimum absolute atomic E-state index is 0. The van der Waals surface area contributed by atoms with Crippen LogP contribution in [0.15, 0.2) is 0 Å². The molecule has 0 aromatic heterocycles. The van der Waals surface area contributed by atoms with Crippen molar-refractivity contribution < 1.29 is 9.53 Å². The van der Waals surface area contributed by atoms with Crippen LogP contribution in [0.5, 0.6) is 0 Å². The highest BCUT2D eigenvalue weighted by atomic mass is 35.5. The molecule has 16 heavy (non-hydrogen) atoms. The summed E-state index contributed by atoms with van der Waals surface area (Å²) < 4.78 is 5.51. The van der Waals surface area contributed by atoms with E-state index < -0.39 is 0 Å². The van der Waals surface area contributed by atoms with Crippen molar-refractivity contribution in [3.63, 3.8) is 0 Å². The number of carbonyl (C=O) groups excluding carboxylic acids is 1. The summed E-state index contributed by atoms with van der Waals surface area (Å²) in [7, 11) is 0. The lowest BCUT2D eigenvalue weighted by atomic mass is 10.0. The number of hydrogen-bond donors (Lipinski definition) is 1. The zero-order chi connectivity index (χ0) is 11.4. The van der Waals surface area contributed by atoms with Gasteiger partial charge in [0.2, 0.25) is 5.91 Å². The summed E-state index contributed by atoms with van der Waals surface area (Å²) >= 11 is 0. The highest BCUT2D eigenvalue weighted by molar-refractivity contribution is 5.85. The average molecular weight is 251 g/mol. The largest absolute Gasteiger partial charge is 0.375 e. The molecule has 1 aliphatic heterocycles. The predicted octanol–water partition coefficient (Wildman–Crippen LogP) is 1.03. The zero-order valence-corrected chi connectivity index (χ0v) is 11.1. The average Bonchev–Trinajstić information content (AvgIpc) is 2.27. The van der Waals surface area contributed by atoms with Gasteiger partial charge in [0.1, 0.15) is 0 Å². The van der Waals surface area contributed by atoms with Gasteiger partial charge in [-0.15, -0.1) is 12.4 Å². The van der Waals surface area contributed by atoms with E-state index >= 15 is 0 Å². The van der Waals surface area contributed by atoms with Crippen LogP contribution < -0.4 is 5.73 Å². The molecule has 96 valence electrons. The van der Waals surface area contributed by atoms with E-state index in [1.54, 1.807) is 0 Å². The fourth-order valence-electron chi connectivity index (χ4n) is 1.66. The molecule has 1 heterocycles. The quantitative estimate of drug-likeness (QED) is 0.814. The van der Waals surface area contributed by atoms with Gasteiger partial charge in [-0.2, -0.15) is 0 Å². The first kappa shape index (κ1) is 15.7. The van der Waals surface area contributed by atoms with Gasteiger partial charge in [0.05, 0.1) is 18.8 Å². The first-order valence-electron chi connectivity index (χ1n) is 5.72. The van der Waals surface area contributed by atoms with Crippen molar-refractivity contribution in [3.05, 3.63) is 0 Å².